The summed E-state index contributed by atoms with van der Waals surface area (Å²) < 4.78 is 0. The van der Waals surface area contributed by atoms with Crippen LogP contribution in [0.4, 0.5) is 5.69 Å². The Morgan fingerprint density at radius 2 is 1.48 bits per heavy atom. The summed E-state index contributed by atoms with van der Waals surface area (Å²) in [5.41, 5.74) is 3.90. The van der Waals surface area contributed by atoms with Gasteiger partial charge in [-0.1, -0.05) is 43.3 Å². The molecule has 29 heavy (non-hydrogen) atoms. The molecule has 0 fully saturated rings. The van der Waals surface area contributed by atoms with E-state index >= 15 is 0 Å². The fourth-order valence-electron chi connectivity index (χ4n) is 3.45. The van der Waals surface area contributed by atoms with Crippen molar-refractivity contribution in [1.29, 1.82) is 0 Å². The second-order valence-corrected chi connectivity index (χ2v) is 6.95. The molecule has 1 aliphatic rings. The Morgan fingerprint density at radius 1 is 0.828 bits per heavy atom. The molecule has 0 aromatic heterocycles. The fourth-order valence-corrected chi connectivity index (χ4v) is 3.45. The number of benzene rings is 3. The van der Waals surface area contributed by atoms with Crippen LogP contribution in [0.1, 0.15) is 49.1 Å². The fraction of sp³-hybridized carbons (Fsp3) is 0.125. The standard InChI is InChI=1S/C24H20N2O3/c1-2-16-7-6-10-19(14-16)25-22(27)18-9-5-8-17(13-18)15-26-23(28)20-11-3-4-12-21(20)24(26)29/h3-14H,2,15H2,1H3,(H,25,27). The van der Waals surface area contributed by atoms with E-state index in [0.717, 1.165) is 23.2 Å². The van der Waals surface area contributed by atoms with Crippen LogP contribution in [-0.4, -0.2) is 22.6 Å². The van der Waals surface area contributed by atoms with E-state index in [1.807, 2.05) is 24.3 Å². The zero-order chi connectivity index (χ0) is 20.4. The van der Waals surface area contributed by atoms with Gasteiger partial charge in [-0.3, -0.25) is 19.3 Å². The number of nitrogens with one attached hydrogen (secondary N) is 1. The van der Waals surface area contributed by atoms with Gasteiger partial charge in [0.05, 0.1) is 17.7 Å². The van der Waals surface area contributed by atoms with Gasteiger partial charge in [-0.15, -0.1) is 0 Å². The first-order chi connectivity index (χ1) is 14.1. The molecule has 0 bridgehead atoms. The molecule has 5 nitrogen and oxygen atoms in total. The maximum atomic E-state index is 12.7. The molecule has 4 rings (SSSR count). The van der Waals surface area contributed by atoms with Gasteiger partial charge in [0.1, 0.15) is 0 Å². The Labute approximate surface area is 169 Å². The minimum Gasteiger partial charge on any atom is -0.322 e. The smallest absolute Gasteiger partial charge is 0.261 e. The van der Waals surface area contributed by atoms with Gasteiger partial charge < -0.3 is 5.32 Å². The third-order valence-corrected chi connectivity index (χ3v) is 5.00. The topological polar surface area (TPSA) is 66.5 Å². The van der Waals surface area contributed by atoms with Gasteiger partial charge in [-0.25, -0.2) is 0 Å². The largest absolute Gasteiger partial charge is 0.322 e. The number of imide groups is 1. The van der Waals surface area contributed by atoms with Crippen LogP contribution in [0.3, 0.4) is 0 Å². The second kappa shape index (κ2) is 7.72. The number of anilines is 1. The van der Waals surface area contributed by atoms with E-state index in [-0.39, 0.29) is 24.3 Å². The van der Waals surface area contributed by atoms with Crippen LogP contribution in [-0.2, 0) is 13.0 Å². The van der Waals surface area contributed by atoms with Crippen LogP contribution in [0.25, 0.3) is 0 Å². The van der Waals surface area contributed by atoms with Crippen molar-refractivity contribution in [3.63, 3.8) is 0 Å². The molecule has 3 aromatic rings. The van der Waals surface area contributed by atoms with E-state index < -0.39 is 0 Å². The predicted octanol–water partition coefficient (Wildman–Crippen LogP) is 4.30. The number of nitrogens with zero attached hydrogens (tertiary/aromatic N) is 1. The number of rotatable bonds is 5. The molecule has 0 spiro atoms. The highest BCUT2D eigenvalue weighted by Gasteiger charge is 2.34. The Balaban J connectivity index is 1.51. The number of hydrogen-bond acceptors (Lipinski definition) is 3. The SMILES string of the molecule is CCc1cccc(NC(=O)c2cccc(CN3C(=O)c4ccccc4C3=O)c2)c1. The maximum Gasteiger partial charge on any atom is 0.261 e. The summed E-state index contributed by atoms with van der Waals surface area (Å²) in [6.45, 7) is 2.18. The second-order valence-electron chi connectivity index (χ2n) is 6.95. The number of carbonyl (C=O) groups is 3. The number of hydrogen-bond donors (Lipinski definition) is 1. The lowest BCUT2D eigenvalue weighted by Crippen LogP contribution is -2.29. The predicted molar refractivity (Wildman–Crippen MR) is 111 cm³/mol. The van der Waals surface area contributed by atoms with Gasteiger partial charge in [-0.05, 0) is 53.9 Å². The number of fused-ring (bicyclic) bond motifs is 1. The summed E-state index contributed by atoms with van der Waals surface area (Å²) in [6.07, 6.45) is 0.888. The zero-order valence-corrected chi connectivity index (χ0v) is 16.0. The molecule has 1 aliphatic heterocycles. The lowest BCUT2D eigenvalue weighted by atomic mass is 10.1. The molecule has 3 aromatic carbocycles. The molecular weight excluding hydrogens is 364 g/mol. The van der Waals surface area contributed by atoms with Crippen molar-refractivity contribution in [3.05, 3.63) is 101 Å². The Bertz CT molecular complexity index is 1090. The molecule has 5 heteroatoms. The minimum absolute atomic E-state index is 0.124. The van der Waals surface area contributed by atoms with Gasteiger partial charge in [0.2, 0.25) is 0 Å². The van der Waals surface area contributed by atoms with Crippen molar-refractivity contribution < 1.29 is 14.4 Å². The highest BCUT2D eigenvalue weighted by molar-refractivity contribution is 6.21. The summed E-state index contributed by atoms with van der Waals surface area (Å²) in [4.78, 5) is 39.0. The maximum absolute atomic E-state index is 12.7. The molecule has 0 saturated carbocycles. The van der Waals surface area contributed by atoms with E-state index in [1.165, 1.54) is 4.90 Å². The lowest BCUT2D eigenvalue weighted by molar-refractivity contribution is 0.0642. The first-order valence-electron chi connectivity index (χ1n) is 9.51. The molecule has 0 radical (unpaired) electrons. The molecular formula is C24H20N2O3. The zero-order valence-electron chi connectivity index (χ0n) is 16.0. The average molecular weight is 384 g/mol. The van der Waals surface area contributed by atoms with Crippen LogP contribution in [0.5, 0.6) is 0 Å². The lowest BCUT2D eigenvalue weighted by Gasteiger charge is -2.14. The van der Waals surface area contributed by atoms with E-state index in [2.05, 4.69) is 12.2 Å². The highest BCUT2D eigenvalue weighted by atomic mass is 16.2. The van der Waals surface area contributed by atoms with Crippen LogP contribution < -0.4 is 5.32 Å². The monoisotopic (exact) mass is 384 g/mol. The third kappa shape index (κ3) is 3.67. The summed E-state index contributed by atoms with van der Waals surface area (Å²) >= 11 is 0. The van der Waals surface area contributed by atoms with Crippen molar-refractivity contribution in [2.45, 2.75) is 19.9 Å². The molecule has 1 N–H and O–H groups in total. The number of aryl methyl sites for hydroxylation is 1. The first-order valence-corrected chi connectivity index (χ1v) is 9.51. The van der Waals surface area contributed by atoms with E-state index in [1.54, 1.807) is 48.5 Å². The molecule has 0 saturated heterocycles. The molecule has 144 valence electrons. The third-order valence-electron chi connectivity index (χ3n) is 5.00. The Hall–Kier alpha value is -3.73. The Morgan fingerprint density at radius 3 is 2.17 bits per heavy atom. The summed E-state index contributed by atoms with van der Waals surface area (Å²) in [5.74, 6) is -0.851. The summed E-state index contributed by atoms with van der Waals surface area (Å²) in [7, 11) is 0. The van der Waals surface area contributed by atoms with E-state index in [9.17, 15) is 14.4 Å². The van der Waals surface area contributed by atoms with Gasteiger partial charge in [0, 0.05) is 11.3 Å². The number of amides is 3. The number of carbonyl (C=O) groups excluding carboxylic acids is 3. The van der Waals surface area contributed by atoms with Gasteiger partial charge in [0.25, 0.3) is 17.7 Å². The van der Waals surface area contributed by atoms with Crippen LogP contribution >= 0.6 is 0 Å². The van der Waals surface area contributed by atoms with Crippen molar-refractivity contribution in [2.24, 2.45) is 0 Å². The van der Waals surface area contributed by atoms with Crippen LogP contribution in [0.2, 0.25) is 0 Å². The normalized spacial score (nSPS) is 12.8. The van der Waals surface area contributed by atoms with Gasteiger partial charge in [0.15, 0.2) is 0 Å². The van der Waals surface area contributed by atoms with Gasteiger partial charge in [-0.2, -0.15) is 0 Å². The van der Waals surface area contributed by atoms with E-state index in [0.29, 0.717) is 16.7 Å². The summed E-state index contributed by atoms with van der Waals surface area (Å²) in [5, 5.41) is 2.90. The van der Waals surface area contributed by atoms with Crippen LogP contribution in [0, 0.1) is 0 Å². The Kier molecular flexibility index (Phi) is 4.96. The van der Waals surface area contributed by atoms with Crippen molar-refractivity contribution in [3.8, 4) is 0 Å². The molecule has 0 aliphatic carbocycles. The first kappa shape index (κ1) is 18.6. The average Bonchev–Trinajstić information content (AvgIpc) is 2.99. The molecule has 0 atom stereocenters. The summed E-state index contributed by atoms with van der Waals surface area (Å²) in [6, 6.07) is 21.5. The highest BCUT2D eigenvalue weighted by Crippen LogP contribution is 2.24. The van der Waals surface area contributed by atoms with Crippen molar-refractivity contribution in [2.75, 3.05) is 5.32 Å². The van der Waals surface area contributed by atoms with Crippen LogP contribution in [0.15, 0.2) is 72.8 Å². The van der Waals surface area contributed by atoms with Crippen molar-refractivity contribution in [1.82, 2.24) is 4.90 Å². The molecule has 3 amide bonds. The minimum atomic E-state index is -0.308. The molecule has 0 unspecified atom stereocenters. The molecule has 1 heterocycles. The quantitative estimate of drug-likeness (QED) is 0.667. The van der Waals surface area contributed by atoms with E-state index in [4.69, 9.17) is 0 Å². The van der Waals surface area contributed by atoms with Gasteiger partial charge >= 0.3 is 0 Å². The van der Waals surface area contributed by atoms with Crippen molar-refractivity contribution >= 4 is 23.4 Å².